The van der Waals surface area contributed by atoms with Gasteiger partial charge in [0.1, 0.15) is 0 Å². The zero-order chi connectivity index (χ0) is 15.3. The van der Waals surface area contributed by atoms with E-state index >= 15 is 0 Å². The maximum atomic E-state index is 12.2. The van der Waals surface area contributed by atoms with Crippen molar-refractivity contribution in [2.75, 3.05) is 25.4 Å². The third kappa shape index (κ3) is 5.30. The first-order chi connectivity index (χ1) is 9.98. The van der Waals surface area contributed by atoms with Crippen molar-refractivity contribution in [3.63, 3.8) is 0 Å². The number of rotatable bonds is 6. The van der Waals surface area contributed by atoms with Crippen molar-refractivity contribution in [2.24, 2.45) is 0 Å². The average molecular weight is 311 g/mol. The number of benzene rings is 1. The van der Waals surface area contributed by atoms with Gasteiger partial charge in [-0.15, -0.1) is 0 Å². The van der Waals surface area contributed by atoms with Crippen molar-refractivity contribution < 1.29 is 8.42 Å². The molecular formula is C15H25N3O2S. The van der Waals surface area contributed by atoms with Gasteiger partial charge in [-0.2, -0.15) is 0 Å². The molecule has 1 fully saturated rings. The summed E-state index contributed by atoms with van der Waals surface area (Å²) in [7, 11) is -3.29. The number of hydrogen-bond donors (Lipinski definition) is 2. The second-order valence-electron chi connectivity index (χ2n) is 5.73. The van der Waals surface area contributed by atoms with E-state index in [-0.39, 0.29) is 11.8 Å². The monoisotopic (exact) mass is 311 g/mol. The Morgan fingerprint density at radius 3 is 2.43 bits per heavy atom. The first-order valence-electron chi connectivity index (χ1n) is 7.55. The first-order valence-corrected chi connectivity index (χ1v) is 9.20. The highest BCUT2D eigenvalue weighted by molar-refractivity contribution is 7.88. The van der Waals surface area contributed by atoms with Crippen molar-refractivity contribution in [3.8, 4) is 0 Å². The summed E-state index contributed by atoms with van der Waals surface area (Å²) in [5.74, 6) is 0.0163. The minimum absolute atomic E-state index is 0.0163. The highest BCUT2D eigenvalue weighted by Gasteiger charge is 2.23. The van der Waals surface area contributed by atoms with Gasteiger partial charge in [-0.3, -0.25) is 0 Å². The van der Waals surface area contributed by atoms with Crippen LogP contribution in [0.1, 0.15) is 31.7 Å². The van der Waals surface area contributed by atoms with E-state index in [0.29, 0.717) is 5.69 Å². The molecule has 1 aliphatic rings. The molecule has 0 aliphatic carbocycles. The van der Waals surface area contributed by atoms with Gasteiger partial charge in [-0.1, -0.05) is 19.1 Å². The molecule has 1 aromatic carbocycles. The van der Waals surface area contributed by atoms with Gasteiger partial charge in [0.05, 0.1) is 5.75 Å². The quantitative estimate of drug-likeness (QED) is 0.782. The van der Waals surface area contributed by atoms with Crippen LogP contribution in [-0.2, 0) is 15.8 Å². The lowest BCUT2D eigenvalue weighted by Gasteiger charge is -2.31. The van der Waals surface area contributed by atoms with Crippen molar-refractivity contribution in [1.29, 1.82) is 0 Å². The van der Waals surface area contributed by atoms with Crippen LogP contribution in [-0.4, -0.2) is 39.0 Å². The number of nitrogens with one attached hydrogen (secondary N) is 1. The van der Waals surface area contributed by atoms with Crippen LogP contribution < -0.4 is 10.5 Å². The summed E-state index contributed by atoms with van der Waals surface area (Å²) in [4.78, 5) is 2.39. The van der Waals surface area contributed by atoms with E-state index in [1.165, 1.54) is 0 Å². The summed E-state index contributed by atoms with van der Waals surface area (Å²) < 4.78 is 27.2. The lowest BCUT2D eigenvalue weighted by molar-refractivity contribution is 0.208. The van der Waals surface area contributed by atoms with Crippen molar-refractivity contribution in [2.45, 2.75) is 38.0 Å². The molecule has 0 aromatic heterocycles. The number of likely N-dealkylation sites (tertiary alicyclic amines) is 1. The second kappa shape index (κ2) is 7.24. The molecule has 1 aliphatic heterocycles. The molecule has 0 spiro atoms. The number of nitrogens with two attached hydrogens (primary N) is 1. The van der Waals surface area contributed by atoms with Crippen molar-refractivity contribution >= 4 is 15.7 Å². The van der Waals surface area contributed by atoms with E-state index in [1.54, 1.807) is 24.3 Å². The van der Waals surface area contributed by atoms with Gasteiger partial charge in [-0.05, 0) is 56.6 Å². The number of anilines is 1. The van der Waals surface area contributed by atoms with Gasteiger partial charge in [0.25, 0.3) is 0 Å². The Hall–Kier alpha value is -1.11. The normalized spacial score (nSPS) is 18.0. The molecule has 0 radical (unpaired) electrons. The van der Waals surface area contributed by atoms with E-state index in [1.807, 2.05) is 0 Å². The molecular weight excluding hydrogens is 286 g/mol. The van der Waals surface area contributed by atoms with Gasteiger partial charge >= 0.3 is 0 Å². The predicted octanol–water partition coefficient (Wildman–Crippen LogP) is 1.56. The topological polar surface area (TPSA) is 75.4 Å². The molecule has 0 amide bonds. The zero-order valence-corrected chi connectivity index (χ0v) is 13.4. The summed E-state index contributed by atoms with van der Waals surface area (Å²) >= 11 is 0. The van der Waals surface area contributed by atoms with Crippen LogP contribution in [0.25, 0.3) is 0 Å². The third-order valence-electron chi connectivity index (χ3n) is 3.81. The smallest absolute Gasteiger partial charge is 0.216 e. The fraction of sp³-hybridized carbons (Fsp3) is 0.600. The zero-order valence-electron chi connectivity index (χ0n) is 12.6. The predicted molar refractivity (Wildman–Crippen MR) is 86.4 cm³/mol. The Balaban J connectivity index is 1.85. The molecule has 0 atom stereocenters. The molecule has 1 heterocycles. The number of nitrogens with zero attached hydrogens (tertiary/aromatic N) is 1. The van der Waals surface area contributed by atoms with Crippen LogP contribution in [0.5, 0.6) is 0 Å². The molecule has 1 saturated heterocycles. The van der Waals surface area contributed by atoms with E-state index < -0.39 is 10.0 Å². The van der Waals surface area contributed by atoms with Crippen molar-refractivity contribution in [3.05, 3.63) is 29.8 Å². The largest absolute Gasteiger partial charge is 0.399 e. The summed E-state index contributed by atoms with van der Waals surface area (Å²) in [5.41, 5.74) is 7.02. The van der Waals surface area contributed by atoms with Crippen LogP contribution >= 0.6 is 0 Å². The minimum atomic E-state index is -3.29. The number of sulfonamides is 1. The molecule has 21 heavy (non-hydrogen) atoms. The van der Waals surface area contributed by atoms with E-state index in [0.717, 1.165) is 44.5 Å². The molecule has 3 N–H and O–H groups in total. The summed E-state index contributed by atoms with van der Waals surface area (Å²) in [5, 5.41) is 0. The maximum Gasteiger partial charge on any atom is 0.216 e. The van der Waals surface area contributed by atoms with E-state index in [2.05, 4.69) is 16.5 Å². The molecule has 0 unspecified atom stereocenters. The molecule has 0 bridgehead atoms. The van der Waals surface area contributed by atoms with E-state index in [4.69, 9.17) is 5.73 Å². The summed E-state index contributed by atoms with van der Waals surface area (Å²) in [6.45, 7) is 5.22. The third-order valence-corrected chi connectivity index (χ3v) is 5.22. The van der Waals surface area contributed by atoms with Crippen LogP contribution in [0.4, 0.5) is 5.69 Å². The number of piperidine rings is 1. The highest BCUT2D eigenvalue weighted by Crippen LogP contribution is 2.14. The summed E-state index contributed by atoms with van der Waals surface area (Å²) in [6, 6.07) is 7.05. The maximum absolute atomic E-state index is 12.2. The van der Waals surface area contributed by atoms with Gasteiger partial charge in [0.15, 0.2) is 0 Å². The molecule has 118 valence electrons. The Kier molecular flexibility index (Phi) is 5.61. The lowest BCUT2D eigenvalue weighted by atomic mass is 10.1. The highest BCUT2D eigenvalue weighted by atomic mass is 32.2. The van der Waals surface area contributed by atoms with Gasteiger partial charge in [0, 0.05) is 11.7 Å². The number of nitrogen functional groups attached to an aromatic ring is 1. The van der Waals surface area contributed by atoms with E-state index in [9.17, 15) is 8.42 Å². The second-order valence-corrected chi connectivity index (χ2v) is 7.49. The van der Waals surface area contributed by atoms with Crippen LogP contribution in [0, 0.1) is 0 Å². The number of hydrogen-bond acceptors (Lipinski definition) is 4. The lowest BCUT2D eigenvalue weighted by Crippen LogP contribution is -2.45. The Bertz CT molecular complexity index is 535. The van der Waals surface area contributed by atoms with Crippen LogP contribution in [0.15, 0.2) is 24.3 Å². The standard InChI is InChI=1S/C15H25N3O2S/c1-2-9-18-10-7-15(8-11-18)17-21(19,20)12-13-3-5-14(16)6-4-13/h3-6,15,17H,2,7-12,16H2,1H3. The molecule has 0 saturated carbocycles. The minimum Gasteiger partial charge on any atom is -0.399 e. The fourth-order valence-corrected chi connectivity index (χ4v) is 4.18. The van der Waals surface area contributed by atoms with Gasteiger partial charge < -0.3 is 10.6 Å². The molecule has 2 rings (SSSR count). The Morgan fingerprint density at radius 2 is 1.86 bits per heavy atom. The average Bonchev–Trinajstić information content (AvgIpc) is 2.43. The van der Waals surface area contributed by atoms with Crippen LogP contribution in [0.2, 0.25) is 0 Å². The first kappa shape index (κ1) is 16.3. The molecule has 1 aromatic rings. The molecule has 5 nitrogen and oxygen atoms in total. The Morgan fingerprint density at radius 1 is 1.24 bits per heavy atom. The van der Waals surface area contributed by atoms with Gasteiger partial charge in [0.2, 0.25) is 10.0 Å². The molecule has 6 heteroatoms. The SMILES string of the molecule is CCCN1CCC(NS(=O)(=O)Cc2ccc(N)cc2)CC1. The van der Waals surface area contributed by atoms with Crippen molar-refractivity contribution in [1.82, 2.24) is 9.62 Å². The Labute approximate surface area is 127 Å². The summed E-state index contributed by atoms with van der Waals surface area (Å²) in [6.07, 6.45) is 2.93. The van der Waals surface area contributed by atoms with Gasteiger partial charge in [-0.25, -0.2) is 13.1 Å². The fourth-order valence-electron chi connectivity index (χ4n) is 2.72. The van der Waals surface area contributed by atoms with Crippen LogP contribution in [0.3, 0.4) is 0 Å².